The Labute approximate surface area is 363 Å². The molecule has 0 bridgehead atoms. The number of likely N-dealkylation sites (tertiary alicyclic amines) is 1. The second kappa shape index (κ2) is 18.2. The summed E-state index contributed by atoms with van der Waals surface area (Å²) in [7, 11) is 2.64. The van der Waals surface area contributed by atoms with Gasteiger partial charge in [0.15, 0.2) is 5.78 Å². The summed E-state index contributed by atoms with van der Waals surface area (Å²) in [6, 6.07) is 20.5. The van der Waals surface area contributed by atoms with E-state index < -0.39 is 24.3 Å². The monoisotopic (exact) mass is 840 g/mol. The van der Waals surface area contributed by atoms with Crippen LogP contribution in [0.3, 0.4) is 0 Å². The van der Waals surface area contributed by atoms with Crippen LogP contribution in [0.25, 0.3) is 44.4 Å². The van der Waals surface area contributed by atoms with E-state index in [9.17, 15) is 19.2 Å². The molecule has 3 aliphatic rings. The zero-order valence-corrected chi connectivity index (χ0v) is 36.8. The molecule has 3 heterocycles. The van der Waals surface area contributed by atoms with Gasteiger partial charge in [0.05, 0.1) is 38.2 Å². The van der Waals surface area contributed by atoms with E-state index in [1.165, 1.54) is 25.3 Å². The molecule has 1 aliphatic heterocycles. The summed E-state index contributed by atoms with van der Waals surface area (Å²) in [6.07, 6.45) is 9.20. The number of carbonyl (C=O) groups is 4. The fraction of sp³-hybridized carbons (Fsp3) is 0.460. The number of alkyl carbamates (subject to hydrolysis) is 2. The van der Waals surface area contributed by atoms with E-state index in [0.717, 1.165) is 114 Å². The molecular formula is C50H60N6O6. The first-order valence-corrected chi connectivity index (χ1v) is 22.4. The number of ketones is 1. The number of fused-ring (bicyclic) bond motifs is 2. The van der Waals surface area contributed by atoms with Gasteiger partial charge in [-0.2, -0.15) is 0 Å². The lowest BCUT2D eigenvalue weighted by Gasteiger charge is -2.33. The maximum absolute atomic E-state index is 13.9. The Bertz CT molecular complexity index is 2450. The molecule has 5 aromatic rings. The van der Waals surface area contributed by atoms with Gasteiger partial charge in [0.25, 0.3) is 0 Å². The van der Waals surface area contributed by atoms with E-state index in [1.54, 1.807) is 0 Å². The smallest absolute Gasteiger partial charge is 0.407 e. The summed E-state index contributed by atoms with van der Waals surface area (Å²) in [4.78, 5) is 66.1. The van der Waals surface area contributed by atoms with Crippen molar-refractivity contribution in [1.82, 2.24) is 30.5 Å². The summed E-state index contributed by atoms with van der Waals surface area (Å²) in [5.41, 5.74) is 10.3. The van der Waals surface area contributed by atoms with Crippen molar-refractivity contribution in [2.24, 2.45) is 17.8 Å². The average Bonchev–Trinajstić information content (AvgIpc) is 4.12. The number of imidazole rings is 1. The largest absolute Gasteiger partial charge is 0.453 e. The predicted octanol–water partition coefficient (Wildman–Crippen LogP) is 9.65. The van der Waals surface area contributed by atoms with Crippen LogP contribution in [0.1, 0.15) is 107 Å². The highest BCUT2D eigenvalue weighted by atomic mass is 16.5. The number of benzene rings is 3. The molecule has 12 nitrogen and oxygen atoms in total. The quantitative estimate of drug-likeness (QED) is 0.0974. The lowest BCUT2D eigenvalue weighted by Crippen LogP contribution is -2.51. The molecule has 8 rings (SSSR count). The number of rotatable bonds is 12. The summed E-state index contributed by atoms with van der Waals surface area (Å²) in [5.74, 6) is 0.373. The zero-order valence-electron chi connectivity index (χ0n) is 36.8. The number of aromatic nitrogens is 3. The Hall–Kier alpha value is -5.91. The van der Waals surface area contributed by atoms with Crippen LogP contribution in [-0.4, -0.2) is 76.6 Å². The number of nitrogens with one attached hydrogen (secondary N) is 4. The number of methoxy groups -OCH3 is 2. The van der Waals surface area contributed by atoms with Crippen molar-refractivity contribution < 1.29 is 28.7 Å². The highest BCUT2D eigenvalue weighted by Gasteiger charge is 2.40. The highest BCUT2D eigenvalue weighted by Crippen LogP contribution is 2.43. The van der Waals surface area contributed by atoms with Crippen molar-refractivity contribution in [3.8, 4) is 33.6 Å². The fourth-order valence-electron chi connectivity index (χ4n) is 10.2. The summed E-state index contributed by atoms with van der Waals surface area (Å²) < 4.78 is 9.66. The van der Waals surface area contributed by atoms with Crippen molar-refractivity contribution in [2.75, 3.05) is 20.8 Å². The van der Waals surface area contributed by atoms with Crippen LogP contribution in [0, 0.1) is 17.8 Å². The third-order valence-corrected chi connectivity index (χ3v) is 13.5. The topological polar surface area (TPSA) is 159 Å². The standard InChI is InChI=1S/C50H60N6O6/c1-28(2)42(54-49(59)61-5)46(57)38-11-7-8-12-39(38)47-51-27-40(52-47)35-23-22-33-25-32(20-21-34(33)26-35)30-16-18-31(19-17-30)44-36-13-9-14-37(36)45(53-44)41-15-10-24-56(41)48(58)43(29(3)4)55-50(60)62-6/h16-23,25-29,38-39,41-43,53H,7-15,24H2,1-6H3,(H,51,52)(H,54,59)(H,55,60)/t38?,39?,41-,42?,43-/m0/s1. The van der Waals surface area contributed by atoms with E-state index in [1.807, 2.05) is 38.8 Å². The number of amides is 3. The first-order chi connectivity index (χ1) is 29.9. The summed E-state index contributed by atoms with van der Waals surface area (Å²) in [6.45, 7) is 8.44. The summed E-state index contributed by atoms with van der Waals surface area (Å²) in [5, 5.41) is 7.80. The molecule has 2 aliphatic carbocycles. The predicted molar refractivity (Wildman–Crippen MR) is 241 cm³/mol. The van der Waals surface area contributed by atoms with Gasteiger partial charge in [-0.1, -0.05) is 89.1 Å². The molecular weight excluding hydrogens is 781 g/mol. The van der Waals surface area contributed by atoms with Crippen LogP contribution in [0.15, 0.2) is 66.9 Å². The molecule has 3 unspecified atom stereocenters. The number of hydrogen-bond acceptors (Lipinski definition) is 7. The van der Waals surface area contributed by atoms with Crippen molar-refractivity contribution in [1.29, 1.82) is 0 Å². The van der Waals surface area contributed by atoms with Crippen molar-refractivity contribution >= 4 is 34.6 Å². The van der Waals surface area contributed by atoms with Gasteiger partial charge in [0, 0.05) is 35.3 Å². The van der Waals surface area contributed by atoms with Crippen LogP contribution in [0.4, 0.5) is 9.59 Å². The van der Waals surface area contributed by atoms with Gasteiger partial charge < -0.3 is 35.0 Å². The van der Waals surface area contributed by atoms with Gasteiger partial charge in [-0.15, -0.1) is 0 Å². The van der Waals surface area contributed by atoms with Crippen molar-refractivity contribution in [2.45, 2.75) is 110 Å². The molecule has 0 spiro atoms. The van der Waals surface area contributed by atoms with Crippen LogP contribution in [-0.2, 0) is 31.9 Å². The van der Waals surface area contributed by atoms with Crippen molar-refractivity contribution in [3.63, 3.8) is 0 Å². The van der Waals surface area contributed by atoms with E-state index in [0.29, 0.717) is 6.54 Å². The molecule has 3 aromatic carbocycles. The number of H-pyrrole nitrogens is 2. The molecule has 1 saturated heterocycles. The highest BCUT2D eigenvalue weighted by molar-refractivity contribution is 5.92. The van der Waals surface area contributed by atoms with Gasteiger partial charge >= 0.3 is 12.2 Å². The van der Waals surface area contributed by atoms with Gasteiger partial charge in [-0.3, -0.25) is 9.59 Å². The molecule has 12 heteroatoms. The first-order valence-electron chi connectivity index (χ1n) is 22.4. The van der Waals surface area contributed by atoms with Crippen LogP contribution in [0.2, 0.25) is 0 Å². The maximum atomic E-state index is 13.9. The number of aromatic amines is 2. The van der Waals surface area contributed by atoms with Crippen LogP contribution >= 0.6 is 0 Å². The number of carbonyl (C=O) groups excluding carboxylic acids is 4. The molecule has 3 amide bonds. The second-order valence-corrected chi connectivity index (χ2v) is 18.1. The Kier molecular flexibility index (Phi) is 12.6. The SMILES string of the molecule is COC(=O)NC(C(=O)C1CCCCC1c1ncc(-c2ccc3cc(-c4ccc(-c5[nH]c([C@@H]6CCCN6C(=O)[C@@H](NC(=O)OC)C(C)C)c6c5CCC6)cc4)ccc3c2)[nH]1)C(C)C. The number of nitrogens with zero attached hydrogens (tertiary/aromatic N) is 2. The number of Topliss-reactive ketones (excluding diaryl/α,β-unsaturated/α-hetero) is 1. The Morgan fingerprint density at radius 1 is 0.694 bits per heavy atom. The van der Waals surface area contributed by atoms with E-state index in [-0.39, 0.29) is 41.4 Å². The van der Waals surface area contributed by atoms with Gasteiger partial charge in [0.2, 0.25) is 5.91 Å². The second-order valence-electron chi connectivity index (χ2n) is 18.1. The third kappa shape index (κ3) is 8.48. The Morgan fingerprint density at radius 2 is 1.31 bits per heavy atom. The molecule has 5 atom stereocenters. The normalized spacial score (nSPS) is 19.7. The lowest BCUT2D eigenvalue weighted by atomic mass is 9.73. The van der Waals surface area contributed by atoms with E-state index in [2.05, 4.69) is 81.3 Å². The number of ether oxygens (including phenoxy) is 2. The Morgan fingerprint density at radius 3 is 2.00 bits per heavy atom. The summed E-state index contributed by atoms with van der Waals surface area (Å²) >= 11 is 0. The van der Waals surface area contributed by atoms with Crippen LogP contribution in [0.5, 0.6) is 0 Å². The van der Waals surface area contributed by atoms with E-state index in [4.69, 9.17) is 14.5 Å². The first kappa shape index (κ1) is 42.8. The molecule has 0 radical (unpaired) electrons. The van der Waals surface area contributed by atoms with Gasteiger partial charge in [-0.25, -0.2) is 14.6 Å². The van der Waals surface area contributed by atoms with Gasteiger partial charge in [-0.05, 0) is 108 Å². The van der Waals surface area contributed by atoms with Crippen LogP contribution < -0.4 is 10.6 Å². The molecule has 2 aromatic heterocycles. The molecule has 62 heavy (non-hydrogen) atoms. The van der Waals surface area contributed by atoms with E-state index >= 15 is 0 Å². The van der Waals surface area contributed by atoms with Gasteiger partial charge in [0.1, 0.15) is 11.9 Å². The molecule has 326 valence electrons. The fourth-order valence-corrected chi connectivity index (χ4v) is 10.2. The lowest BCUT2D eigenvalue weighted by molar-refractivity contribution is -0.135. The zero-order chi connectivity index (χ0) is 43.7. The number of hydrogen-bond donors (Lipinski definition) is 4. The molecule has 2 fully saturated rings. The minimum absolute atomic E-state index is 0.0417. The minimum Gasteiger partial charge on any atom is -0.453 e. The maximum Gasteiger partial charge on any atom is 0.407 e. The Balaban J connectivity index is 0.985. The van der Waals surface area contributed by atoms with Crippen molar-refractivity contribution in [3.05, 3.63) is 89.5 Å². The third-order valence-electron chi connectivity index (χ3n) is 13.5. The molecule has 4 N–H and O–H groups in total. The minimum atomic E-state index is -0.650. The average molecular weight is 841 g/mol. The molecule has 1 saturated carbocycles.